The lowest BCUT2D eigenvalue weighted by atomic mass is 9.97. The monoisotopic (exact) mass is 276 g/mol. The second-order valence-corrected chi connectivity index (χ2v) is 4.66. The molecule has 2 rings (SSSR count). The lowest BCUT2D eigenvalue weighted by Gasteiger charge is -2.31. The first-order valence-electron chi connectivity index (χ1n) is 7.28. The van der Waals surface area contributed by atoms with E-state index in [2.05, 4.69) is 5.32 Å². The zero-order chi connectivity index (χ0) is 15.0. The molecule has 1 aliphatic heterocycles. The van der Waals surface area contributed by atoms with E-state index in [4.69, 9.17) is 0 Å². The minimum Gasteiger partial charge on any atom is -0.342 e. The number of piperidine rings is 1. The lowest BCUT2D eigenvalue weighted by Crippen LogP contribution is -2.42. The Labute approximate surface area is 121 Å². The maximum Gasteiger partial charge on any atom is 0.229 e. The van der Waals surface area contributed by atoms with Gasteiger partial charge >= 0.3 is 0 Å². The van der Waals surface area contributed by atoms with Gasteiger partial charge in [0.25, 0.3) is 0 Å². The van der Waals surface area contributed by atoms with Crippen molar-refractivity contribution >= 4 is 17.5 Å². The number of hydrogen-bond acceptors (Lipinski definition) is 2. The predicted octanol–water partition coefficient (Wildman–Crippen LogP) is 2.91. The summed E-state index contributed by atoms with van der Waals surface area (Å²) in [4.78, 5) is 25.2. The van der Waals surface area contributed by atoms with Crippen molar-refractivity contribution in [1.82, 2.24) is 4.90 Å². The molecule has 1 aliphatic rings. The molecule has 0 aliphatic carbocycles. The molecule has 1 N–H and O–H groups in total. The summed E-state index contributed by atoms with van der Waals surface area (Å²) >= 11 is 0. The van der Waals surface area contributed by atoms with E-state index in [-0.39, 0.29) is 17.7 Å². The van der Waals surface area contributed by atoms with E-state index in [1.807, 2.05) is 44.2 Å². The zero-order valence-electron chi connectivity index (χ0n) is 12.6. The van der Waals surface area contributed by atoms with Crippen LogP contribution in [0.1, 0.15) is 33.6 Å². The fourth-order valence-corrected chi connectivity index (χ4v) is 2.24. The van der Waals surface area contributed by atoms with Crippen LogP contribution < -0.4 is 5.32 Å². The Hall–Kier alpha value is -1.84. The van der Waals surface area contributed by atoms with Crippen molar-refractivity contribution in [2.45, 2.75) is 33.6 Å². The van der Waals surface area contributed by atoms with Crippen molar-refractivity contribution in [2.24, 2.45) is 5.92 Å². The van der Waals surface area contributed by atoms with Crippen molar-refractivity contribution in [3.05, 3.63) is 30.3 Å². The Kier molecular flexibility index (Phi) is 6.77. The Bertz CT molecular complexity index is 431. The summed E-state index contributed by atoms with van der Waals surface area (Å²) in [6.45, 7) is 6.86. The number of carbonyl (C=O) groups is 2. The van der Waals surface area contributed by atoms with Gasteiger partial charge in [0.15, 0.2) is 0 Å². The van der Waals surface area contributed by atoms with Crippen molar-refractivity contribution in [1.29, 1.82) is 0 Å². The molecule has 1 saturated heterocycles. The zero-order valence-corrected chi connectivity index (χ0v) is 12.6. The number of nitrogens with one attached hydrogen (secondary N) is 1. The molecule has 1 aromatic carbocycles. The number of anilines is 1. The third-order valence-corrected chi connectivity index (χ3v) is 3.28. The van der Waals surface area contributed by atoms with E-state index in [1.165, 1.54) is 0 Å². The number of amides is 2. The van der Waals surface area contributed by atoms with E-state index in [9.17, 15) is 9.59 Å². The smallest absolute Gasteiger partial charge is 0.229 e. The highest BCUT2D eigenvalue weighted by Gasteiger charge is 2.26. The van der Waals surface area contributed by atoms with Gasteiger partial charge in [-0.2, -0.15) is 0 Å². The van der Waals surface area contributed by atoms with Crippen molar-refractivity contribution in [3.8, 4) is 0 Å². The van der Waals surface area contributed by atoms with Gasteiger partial charge in [-0.15, -0.1) is 0 Å². The average Bonchev–Trinajstić information content (AvgIpc) is 2.50. The van der Waals surface area contributed by atoms with Crippen molar-refractivity contribution in [3.63, 3.8) is 0 Å². The van der Waals surface area contributed by atoms with Gasteiger partial charge in [-0.3, -0.25) is 9.59 Å². The van der Waals surface area contributed by atoms with E-state index in [0.29, 0.717) is 6.54 Å². The normalized spacial score (nSPS) is 17.8. The van der Waals surface area contributed by atoms with E-state index < -0.39 is 0 Å². The van der Waals surface area contributed by atoms with Gasteiger partial charge in [0.05, 0.1) is 5.92 Å². The molecule has 20 heavy (non-hydrogen) atoms. The summed E-state index contributed by atoms with van der Waals surface area (Å²) in [6.07, 6.45) is 1.74. The lowest BCUT2D eigenvalue weighted by molar-refractivity contribution is -0.132. The summed E-state index contributed by atoms with van der Waals surface area (Å²) in [5.41, 5.74) is 0.808. The Morgan fingerprint density at radius 3 is 2.45 bits per heavy atom. The molecule has 2 amide bonds. The summed E-state index contributed by atoms with van der Waals surface area (Å²) in [5, 5.41) is 2.89. The molecule has 1 heterocycles. The largest absolute Gasteiger partial charge is 0.342 e. The van der Waals surface area contributed by atoms with E-state index in [1.54, 1.807) is 11.8 Å². The summed E-state index contributed by atoms with van der Waals surface area (Å²) in [5.74, 6) is -0.0396. The summed E-state index contributed by atoms with van der Waals surface area (Å²) < 4.78 is 0. The molecule has 0 bridgehead atoms. The Balaban J connectivity index is 0.000000956. The van der Waals surface area contributed by atoms with Gasteiger partial charge in [0, 0.05) is 25.7 Å². The maximum absolute atomic E-state index is 12.1. The number of nitrogens with zero attached hydrogens (tertiary/aromatic N) is 1. The van der Waals surface area contributed by atoms with Crippen LogP contribution >= 0.6 is 0 Å². The first kappa shape index (κ1) is 16.2. The third-order valence-electron chi connectivity index (χ3n) is 3.28. The van der Waals surface area contributed by atoms with Crippen LogP contribution in [0.4, 0.5) is 5.69 Å². The molecule has 4 nitrogen and oxygen atoms in total. The van der Waals surface area contributed by atoms with Gasteiger partial charge in [0.2, 0.25) is 11.8 Å². The quantitative estimate of drug-likeness (QED) is 0.903. The number of likely N-dealkylation sites (tertiary alicyclic amines) is 1. The van der Waals surface area contributed by atoms with Crippen LogP contribution in [0, 0.1) is 5.92 Å². The molecule has 110 valence electrons. The van der Waals surface area contributed by atoms with E-state index in [0.717, 1.165) is 25.1 Å². The Morgan fingerprint density at radius 2 is 1.85 bits per heavy atom. The molecule has 1 aromatic rings. The highest BCUT2D eigenvalue weighted by atomic mass is 16.2. The second kappa shape index (κ2) is 8.35. The number of benzene rings is 1. The molecule has 0 aromatic heterocycles. The van der Waals surface area contributed by atoms with Gasteiger partial charge < -0.3 is 10.2 Å². The van der Waals surface area contributed by atoms with Crippen LogP contribution in [0.25, 0.3) is 0 Å². The van der Waals surface area contributed by atoms with Crippen LogP contribution in [0.3, 0.4) is 0 Å². The second-order valence-electron chi connectivity index (χ2n) is 4.66. The number of rotatable bonds is 2. The van der Waals surface area contributed by atoms with Gasteiger partial charge in [-0.1, -0.05) is 32.0 Å². The van der Waals surface area contributed by atoms with Crippen molar-refractivity contribution < 1.29 is 9.59 Å². The minimum absolute atomic E-state index is 0.00662. The number of para-hydroxylation sites is 1. The fraction of sp³-hybridized carbons (Fsp3) is 0.500. The van der Waals surface area contributed by atoms with Gasteiger partial charge in [-0.05, 0) is 25.0 Å². The van der Waals surface area contributed by atoms with Crippen LogP contribution in [0.2, 0.25) is 0 Å². The first-order valence-corrected chi connectivity index (χ1v) is 7.28. The number of hydrogen-bond donors (Lipinski definition) is 1. The average molecular weight is 276 g/mol. The maximum atomic E-state index is 12.1. The van der Waals surface area contributed by atoms with Crippen molar-refractivity contribution in [2.75, 3.05) is 18.4 Å². The first-order chi connectivity index (χ1) is 9.66. The Morgan fingerprint density at radius 1 is 1.20 bits per heavy atom. The molecular formula is C16H24N2O2. The fourth-order valence-electron chi connectivity index (χ4n) is 2.24. The molecular weight excluding hydrogens is 252 g/mol. The highest BCUT2D eigenvalue weighted by Crippen LogP contribution is 2.18. The van der Waals surface area contributed by atoms with Crippen LogP contribution in [0.5, 0.6) is 0 Å². The molecule has 0 saturated carbocycles. The molecule has 1 unspecified atom stereocenters. The van der Waals surface area contributed by atoms with E-state index >= 15 is 0 Å². The number of carbonyl (C=O) groups excluding carboxylic acids is 2. The SMILES string of the molecule is CC.CC(=O)N1CCCC(C(=O)Nc2ccccc2)C1. The van der Waals surface area contributed by atoms with Gasteiger partial charge in [0.1, 0.15) is 0 Å². The molecule has 1 fully saturated rings. The predicted molar refractivity (Wildman–Crippen MR) is 81.4 cm³/mol. The molecule has 4 heteroatoms. The topological polar surface area (TPSA) is 49.4 Å². The third kappa shape index (κ3) is 4.68. The molecule has 0 radical (unpaired) electrons. The summed E-state index contributed by atoms with van der Waals surface area (Å²) in [6, 6.07) is 9.41. The molecule has 1 atom stereocenters. The minimum atomic E-state index is -0.0946. The van der Waals surface area contributed by atoms with Crippen LogP contribution in [-0.2, 0) is 9.59 Å². The van der Waals surface area contributed by atoms with Gasteiger partial charge in [-0.25, -0.2) is 0 Å². The molecule has 0 spiro atoms. The van der Waals surface area contributed by atoms with Crippen LogP contribution in [0.15, 0.2) is 30.3 Å². The standard InChI is InChI=1S/C14H18N2O2.C2H6/c1-11(17)16-9-5-6-12(10-16)14(18)15-13-7-3-2-4-8-13;1-2/h2-4,7-8,12H,5-6,9-10H2,1H3,(H,15,18);1-2H3. The van der Waals surface area contributed by atoms with Crippen LogP contribution in [-0.4, -0.2) is 29.8 Å². The highest BCUT2D eigenvalue weighted by molar-refractivity contribution is 5.93. The summed E-state index contributed by atoms with van der Waals surface area (Å²) in [7, 11) is 0.